The number of rotatable bonds is 1. The number of nitrogens with one attached hydrogen (secondary N) is 1. The number of carbonyl (C=O) groups is 1. The lowest BCUT2D eigenvalue weighted by molar-refractivity contribution is 0.252. The van der Waals surface area contributed by atoms with Crippen LogP contribution in [-0.4, -0.2) is 18.6 Å². The van der Waals surface area contributed by atoms with Gasteiger partial charge >= 0.3 is 6.03 Å². The second kappa shape index (κ2) is 3.21. The number of amides is 2. The minimum Gasteiger partial charge on any atom is -0.397 e. The number of hydrogen-bond acceptors (Lipinski definition) is 2. The van der Waals surface area contributed by atoms with Crippen molar-refractivity contribution >= 4 is 17.4 Å². The first-order valence-electron chi connectivity index (χ1n) is 4.61. The number of nitrogens with two attached hydrogens (primary N) is 1. The lowest BCUT2D eigenvalue weighted by Gasteiger charge is -2.21. The Labute approximate surface area is 82.7 Å². The van der Waals surface area contributed by atoms with Crippen LogP contribution >= 0.6 is 0 Å². The predicted octanol–water partition coefficient (Wildman–Crippen LogP) is 1.19. The second-order valence-electron chi connectivity index (χ2n) is 3.46. The maximum Gasteiger partial charge on any atom is 0.322 e. The van der Waals surface area contributed by atoms with Gasteiger partial charge in [-0.1, -0.05) is 12.1 Å². The second-order valence-corrected chi connectivity index (χ2v) is 3.46. The molecule has 0 spiro atoms. The molecule has 1 atom stereocenters. The molecule has 1 heterocycles. The van der Waals surface area contributed by atoms with E-state index in [9.17, 15) is 4.79 Å². The van der Waals surface area contributed by atoms with Gasteiger partial charge in [0.1, 0.15) is 0 Å². The van der Waals surface area contributed by atoms with Crippen LogP contribution in [0, 0.1) is 0 Å². The maximum atomic E-state index is 11.5. The molecule has 14 heavy (non-hydrogen) atoms. The summed E-state index contributed by atoms with van der Waals surface area (Å²) in [6.07, 6.45) is 0. The van der Waals surface area contributed by atoms with Gasteiger partial charge in [-0.25, -0.2) is 4.79 Å². The highest BCUT2D eigenvalue weighted by Gasteiger charge is 2.29. The Hall–Kier alpha value is -1.71. The molecule has 4 nitrogen and oxygen atoms in total. The van der Waals surface area contributed by atoms with E-state index in [1.807, 2.05) is 25.1 Å². The molecular weight excluding hydrogens is 178 g/mol. The van der Waals surface area contributed by atoms with E-state index in [1.54, 1.807) is 11.0 Å². The van der Waals surface area contributed by atoms with Gasteiger partial charge in [-0.15, -0.1) is 0 Å². The number of nitrogens with zero attached hydrogens (tertiary/aromatic N) is 1. The first kappa shape index (κ1) is 8.87. The summed E-state index contributed by atoms with van der Waals surface area (Å²) in [5, 5.41) is 2.78. The summed E-state index contributed by atoms with van der Waals surface area (Å²) in [5.74, 6) is 0. The van der Waals surface area contributed by atoms with Crippen molar-refractivity contribution in [2.75, 3.05) is 17.2 Å². The average Bonchev–Trinajstić information content (AvgIpc) is 2.48. The summed E-state index contributed by atoms with van der Waals surface area (Å²) < 4.78 is 0. The molecule has 2 amide bonds. The van der Waals surface area contributed by atoms with Crippen molar-refractivity contribution in [3.05, 3.63) is 24.3 Å². The molecule has 4 heteroatoms. The van der Waals surface area contributed by atoms with Crippen molar-refractivity contribution < 1.29 is 4.79 Å². The molecule has 1 aromatic rings. The Bertz CT molecular complexity index is 364. The Morgan fingerprint density at radius 3 is 2.79 bits per heavy atom. The monoisotopic (exact) mass is 191 g/mol. The minimum atomic E-state index is -0.0737. The van der Waals surface area contributed by atoms with Crippen molar-refractivity contribution in [2.45, 2.75) is 13.0 Å². The number of hydrogen-bond donors (Lipinski definition) is 2. The van der Waals surface area contributed by atoms with Crippen LogP contribution in [0.15, 0.2) is 24.3 Å². The predicted molar refractivity (Wildman–Crippen MR) is 56.2 cm³/mol. The van der Waals surface area contributed by atoms with Gasteiger partial charge in [0.2, 0.25) is 0 Å². The average molecular weight is 191 g/mol. The van der Waals surface area contributed by atoms with E-state index >= 15 is 0 Å². The molecule has 1 fully saturated rings. The molecular formula is C10H13N3O. The van der Waals surface area contributed by atoms with Crippen LogP contribution in [0.25, 0.3) is 0 Å². The quantitative estimate of drug-likeness (QED) is 0.655. The van der Waals surface area contributed by atoms with Crippen molar-refractivity contribution in [1.82, 2.24) is 5.32 Å². The first-order valence-corrected chi connectivity index (χ1v) is 4.61. The third-order valence-corrected chi connectivity index (χ3v) is 2.40. The van der Waals surface area contributed by atoms with Gasteiger partial charge in [-0.2, -0.15) is 0 Å². The number of nitrogen functional groups attached to an aromatic ring is 1. The Balaban J connectivity index is 2.39. The smallest absolute Gasteiger partial charge is 0.322 e. The molecule has 0 aliphatic carbocycles. The molecule has 0 bridgehead atoms. The summed E-state index contributed by atoms with van der Waals surface area (Å²) >= 11 is 0. The lowest BCUT2D eigenvalue weighted by atomic mass is 10.2. The van der Waals surface area contributed by atoms with Crippen LogP contribution in [0.3, 0.4) is 0 Å². The third-order valence-electron chi connectivity index (χ3n) is 2.40. The highest BCUT2D eigenvalue weighted by atomic mass is 16.2. The van der Waals surface area contributed by atoms with E-state index in [-0.39, 0.29) is 12.1 Å². The molecule has 0 saturated carbocycles. The van der Waals surface area contributed by atoms with Gasteiger partial charge in [0, 0.05) is 6.54 Å². The van der Waals surface area contributed by atoms with Crippen LogP contribution in [0.1, 0.15) is 6.92 Å². The van der Waals surface area contributed by atoms with Crippen molar-refractivity contribution in [3.63, 3.8) is 0 Å². The molecule has 1 unspecified atom stereocenters. The molecule has 0 radical (unpaired) electrons. The zero-order valence-electron chi connectivity index (χ0n) is 8.03. The Kier molecular flexibility index (Phi) is 2.04. The summed E-state index contributed by atoms with van der Waals surface area (Å²) in [6.45, 7) is 2.66. The van der Waals surface area contributed by atoms with Crippen molar-refractivity contribution in [1.29, 1.82) is 0 Å². The molecule has 3 N–H and O–H groups in total. The fourth-order valence-electron chi connectivity index (χ4n) is 1.67. The van der Waals surface area contributed by atoms with Gasteiger partial charge < -0.3 is 11.1 Å². The van der Waals surface area contributed by atoms with Gasteiger partial charge in [-0.3, -0.25) is 4.90 Å². The Morgan fingerprint density at radius 2 is 2.21 bits per heavy atom. The number of urea groups is 1. The normalized spacial score (nSPS) is 21.1. The fraction of sp³-hybridized carbons (Fsp3) is 0.300. The molecule has 1 saturated heterocycles. The molecule has 1 aliphatic rings. The van der Waals surface area contributed by atoms with Crippen LogP contribution in [-0.2, 0) is 0 Å². The zero-order valence-corrected chi connectivity index (χ0v) is 8.03. The van der Waals surface area contributed by atoms with Crippen molar-refractivity contribution in [3.8, 4) is 0 Å². The van der Waals surface area contributed by atoms with Gasteiger partial charge in [0.25, 0.3) is 0 Å². The van der Waals surface area contributed by atoms with E-state index in [4.69, 9.17) is 5.73 Å². The molecule has 1 aromatic carbocycles. The SMILES string of the molecule is CC1CNC(=O)N1c1ccccc1N. The number of benzene rings is 1. The van der Waals surface area contributed by atoms with E-state index in [2.05, 4.69) is 5.32 Å². The first-order chi connectivity index (χ1) is 6.70. The minimum absolute atomic E-state index is 0.0737. The highest BCUT2D eigenvalue weighted by Crippen LogP contribution is 2.26. The van der Waals surface area contributed by atoms with E-state index in [0.29, 0.717) is 12.2 Å². The van der Waals surface area contributed by atoms with Gasteiger partial charge in [0.05, 0.1) is 17.4 Å². The van der Waals surface area contributed by atoms with Crippen molar-refractivity contribution in [2.24, 2.45) is 0 Å². The van der Waals surface area contributed by atoms with Crippen LogP contribution < -0.4 is 16.0 Å². The summed E-state index contributed by atoms with van der Waals surface area (Å²) in [6, 6.07) is 7.48. The fourth-order valence-corrected chi connectivity index (χ4v) is 1.67. The van der Waals surface area contributed by atoms with E-state index < -0.39 is 0 Å². The number of para-hydroxylation sites is 2. The summed E-state index contributed by atoms with van der Waals surface area (Å²) in [7, 11) is 0. The van der Waals surface area contributed by atoms with Crippen LogP contribution in [0.5, 0.6) is 0 Å². The third kappa shape index (κ3) is 1.28. The van der Waals surface area contributed by atoms with Crippen LogP contribution in [0.2, 0.25) is 0 Å². The van der Waals surface area contributed by atoms with E-state index in [0.717, 1.165) is 5.69 Å². The molecule has 74 valence electrons. The molecule has 2 rings (SSSR count). The van der Waals surface area contributed by atoms with Crippen LogP contribution in [0.4, 0.5) is 16.2 Å². The summed E-state index contributed by atoms with van der Waals surface area (Å²) in [5.41, 5.74) is 7.23. The van der Waals surface area contributed by atoms with E-state index in [1.165, 1.54) is 0 Å². The zero-order chi connectivity index (χ0) is 10.1. The molecule has 0 aromatic heterocycles. The lowest BCUT2D eigenvalue weighted by Crippen LogP contribution is -2.32. The highest BCUT2D eigenvalue weighted by molar-refractivity contribution is 5.97. The van der Waals surface area contributed by atoms with Gasteiger partial charge in [-0.05, 0) is 19.1 Å². The summed E-state index contributed by atoms with van der Waals surface area (Å²) in [4.78, 5) is 13.2. The number of carbonyl (C=O) groups excluding carboxylic acids is 1. The van der Waals surface area contributed by atoms with Gasteiger partial charge in [0.15, 0.2) is 0 Å². The Morgan fingerprint density at radius 1 is 1.50 bits per heavy atom. The molecule has 1 aliphatic heterocycles. The topological polar surface area (TPSA) is 58.4 Å². The number of anilines is 2. The maximum absolute atomic E-state index is 11.5. The standard InChI is InChI=1S/C10H13N3O/c1-7-6-12-10(14)13(7)9-5-3-2-4-8(9)11/h2-5,7H,6,11H2,1H3,(H,12,14). The largest absolute Gasteiger partial charge is 0.397 e.